The summed E-state index contributed by atoms with van der Waals surface area (Å²) in [6, 6.07) is 10.4. The van der Waals surface area contributed by atoms with Gasteiger partial charge in [0.05, 0.1) is 6.10 Å². The van der Waals surface area contributed by atoms with Crippen LogP contribution in [0.3, 0.4) is 0 Å². The van der Waals surface area contributed by atoms with Crippen LogP contribution in [0.4, 0.5) is 0 Å². The SMILES string of the molecule is C/C=C\C.CC.CC.CC=C(C)C.O=C1CCC(/C=C/C(O)C2(c3ccccc3)CCCC2)N1. The predicted octanol–water partition coefficient (Wildman–Crippen LogP) is 8.30. The average molecular weight is 472 g/mol. The molecule has 1 saturated carbocycles. The third-order valence-electron chi connectivity index (χ3n) is 5.88. The lowest BCUT2D eigenvalue weighted by Gasteiger charge is -2.33. The van der Waals surface area contributed by atoms with Crippen LogP contribution >= 0.6 is 0 Å². The Balaban J connectivity index is 0. The molecule has 0 spiro atoms. The van der Waals surface area contributed by atoms with Crippen molar-refractivity contribution in [1.82, 2.24) is 5.32 Å². The van der Waals surface area contributed by atoms with Crippen LogP contribution in [-0.4, -0.2) is 23.2 Å². The maximum atomic E-state index is 11.2. The van der Waals surface area contributed by atoms with Gasteiger partial charge in [0.15, 0.2) is 0 Å². The third-order valence-corrected chi connectivity index (χ3v) is 5.88. The van der Waals surface area contributed by atoms with Crippen LogP contribution in [0.15, 0.2) is 66.3 Å². The highest BCUT2D eigenvalue weighted by atomic mass is 16.3. The highest BCUT2D eigenvalue weighted by molar-refractivity contribution is 5.78. The first-order valence-corrected chi connectivity index (χ1v) is 13.3. The molecule has 2 unspecified atom stereocenters. The van der Waals surface area contributed by atoms with Crippen LogP contribution in [0.5, 0.6) is 0 Å². The number of nitrogens with one attached hydrogen (secondary N) is 1. The lowest BCUT2D eigenvalue weighted by atomic mass is 9.74. The molecule has 2 atom stereocenters. The van der Waals surface area contributed by atoms with Gasteiger partial charge in [-0.25, -0.2) is 0 Å². The molecule has 1 amide bonds. The minimum absolute atomic E-state index is 0.0846. The fourth-order valence-electron chi connectivity index (χ4n) is 3.74. The van der Waals surface area contributed by atoms with Crippen molar-refractivity contribution in [2.75, 3.05) is 0 Å². The van der Waals surface area contributed by atoms with E-state index in [-0.39, 0.29) is 17.4 Å². The minimum Gasteiger partial charge on any atom is -0.388 e. The zero-order chi connectivity index (χ0) is 26.4. The number of amides is 1. The van der Waals surface area contributed by atoms with Gasteiger partial charge in [-0.1, -0.05) is 107 Å². The molecule has 1 saturated heterocycles. The summed E-state index contributed by atoms with van der Waals surface area (Å²) >= 11 is 0. The molecular weight excluding hydrogens is 418 g/mol. The van der Waals surface area contributed by atoms with Gasteiger partial charge in [0.25, 0.3) is 0 Å². The molecule has 34 heavy (non-hydrogen) atoms. The summed E-state index contributed by atoms with van der Waals surface area (Å²) < 4.78 is 0. The molecule has 0 aromatic heterocycles. The van der Waals surface area contributed by atoms with Crippen LogP contribution in [0, 0.1) is 0 Å². The molecule has 2 aliphatic rings. The summed E-state index contributed by atoms with van der Waals surface area (Å²) in [5.41, 5.74) is 2.46. The van der Waals surface area contributed by atoms with Crippen molar-refractivity contribution in [2.24, 2.45) is 0 Å². The number of rotatable bonds is 4. The maximum Gasteiger partial charge on any atom is 0.220 e. The van der Waals surface area contributed by atoms with E-state index in [1.165, 1.54) is 24.0 Å². The Morgan fingerprint density at radius 1 is 1.00 bits per heavy atom. The second-order valence-electron chi connectivity index (χ2n) is 8.30. The van der Waals surface area contributed by atoms with Crippen molar-refractivity contribution in [3.05, 3.63) is 71.8 Å². The Labute approximate surface area is 211 Å². The predicted molar refractivity (Wildman–Crippen MR) is 151 cm³/mol. The van der Waals surface area contributed by atoms with Crippen molar-refractivity contribution < 1.29 is 9.90 Å². The zero-order valence-corrected chi connectivity index (χ0v) is 23.5. The molecule has 2 N–H and O–H groups in total. The number of carbonyl (C=O) groups excluding carboxylic acids is 1. The van der Waals surface area contributed by atoms with E-state index in [1.807, 2.05) is 91.0 Å². The van der Waals surface area contributed by atoms with Crippen molar-refractivity contribution in [2.45, 2.75) is 118 Å². The average Bonchev–Trinajstić information content (AvgIpc) is 3.56. The lowest BCUT2D eigenvalue weighted by molar-refractivity contribution is -0.119. The monoisotopic (exact) mass is 471 g/mol. The summed E-state index contributed by atoms with van der Waals surface area (Å²) in [4.78, 5) is 11.2. The molecule has 1 aliphatic carbocycles. The molecule has 3 rings (SSSR count). The molecule has 194 valence electrons. The van der Waals surface area contributed by atoms with Crippen LogP contribution in [0.1, 0.15) is 106 Å². The number of benzene rings is 1. The van der Waals surface area contributed by atoms with Crippen LogP contribution < -0.4 is 5.32 Å². The number of hydrogen-bond donors (Lipinski definition) is 2. The maximum absolute atomic E-state index is 11.2. The highest BCUT2D eigenvalue weighted by Crippen LogP contribution is 2.44. The Morgan fingerprint density at radius 2 is 1.50 bits per heavy atom. The third kappa shape index (κ3) is 12.9. The van der Waals surface area contributed by atoms with E-state index in [9.17, 15) is 9.90 Å². The van der Waals surface area contributed by atoms with E-state index in [1.54, 1.807) is 0 Å². The van der Waals surface area contributed by atoms with Gasteiger partial charge in [-0.3, -0.25) is 4.79 Å². The molecule has 3 nitrogen and oxygen atoms in total. The Morgan fingerprint density at radius 3 is 1.88 bits per heavy atom. The Kier molecular flexibility index (Phi) is 21.4. The summed E-state index contributed by atoms with van der Waals surface area (Å²) in [5.74, 6) is 0.109. The van der Waals surface area contributed by atoms with E-state index in [2.05, 4.69) is 37.4 Å². The fourth-order valence-corrected chi connectivity index (χ4v) is 3.74. The first-order valence-electron chi connectivity index (χ1n) is 13.3. The normalized spacial score (nSPS) is 18.6. The van der Waals surface area contributed by atoms with Gasteiger partial charge in [0.1, 0.15) is 0 Å². The summed E-state index contributed by atoms with van der Waals surface area (Å²) in [7, 11) is 0. The summed E-state index contributed by atoms with van der Waals surface area (Å²) in [6.45, 7) is 18.2. The van der Waals surface area contributed by atoms with Gasteiger partial charge in [-0.05, 0) is 59.4 Å². The fraction of sp³-hybridized carbons (Fsp3) is 0.581. The largest absolute Gasteiger partial charge is 0.388 e. The summed E-state index contributed by atoms with van der Waals surface area (Å²) in [6.07, 6.45) is 15.3. The molecule has 0 radical (unpaired) electrons. The second kappa shape index (κ2) is 21.4. The molecule has 2 fully saturated rings. The first kappa shape index (κ1) is 34.0. The van der Waals surface area contributed by atoms with Gasteiger partial charge in [-0.15, -0.1) is 0 Å². The second-order valence-corrected chi connectivity index (χ2v) is 8.30. The zero-order valence-electron chi connectivity index (χ0n) is 23.5. The molecule has 1 aromatic rings. The standard InChI is InChI=1S/C18H23NO2.C5H10.C4H8.2C2H6/c20-16(10-8-15-9-11-17(21)19-15)18(12-4-5-13-18)14-6-2-1-3-7-14;1-4-5(2)3;1-3-4-2;2*1-2/h1-3,6-8,10,15-16,20H,4-5,9,11-13H2,(H,19,21);4H,1-3H3;3-4H,1-2H3;2*1-2H3/b10-8+;;4-3-;;. The quantitative estimate of drug-likeness (QED) is 0.434. The van der Waals surface area contributed by atoms with Crippen molar-refractivity contribution in [3.8, 4) is 0 Å². The van der Waals surface area contributed by atoms with Crippen molar-refractivity contribution in [3.63, 3.8) is 0 Å². The van der Waals surface area contributed by atoms with Crippen LogP contribution in [0.25, 0.3) is 0 Å². The molecule has 3 heteroatoms. The van der Waals surface area contributed by atoms with E-state index < -0.39 is 6.10 Å². The first-order chi connectivity index (χ1) is 16.4. The Hall–Kier alpha value is -2.13. The van der Waals surface area contributed by atoms with Crippen molar-refractivity contribution >= 4 is 5.91 Å². The van der Waals surface area contributed by atoms with Gasteiger partial charge < -0.3 is 10.4 Å². The Bertz CT molecular complexity index is 689. The van der Waals surface area contributed by atoms with E-state index >= 15 is 0 Å². The number of allylic oxidation sites excluding steroid dienone is 4. The van der Waals surface area contributed by atoms with Gasteiger partial charge in [-0.2, -0.15) is 0 Å². The summed E-state index contributed by atoms with van der Waals surface area (Å²) in [5, 5.41) is 13.7. The van der Waals surface area contributed by atoms with Gasteiger partial charge in [0, 0.05) is 17.9 Å². The number of aliphatic hydroxyl groups excluding tert-OH is 1. The molecule has 1 aromatic carbocycles. The number of aliphatic hydroxyl groups is 1. The topological polar surface area (TPSA) is 49.3 Å². The smallest absolute Gasteiger partial charge is 0.220 e. The van der Waals surface area contributed by atoms with E-state index in [0.29, 0.717) is 6.42 Å². The number of hydrogen-bond acceptors (Lipinski definition) is 2. The molecule has 0 bridgehead atoms. The molecule has 1 aliphatic heterocycles. The van der Waals surface area contributed by atoms with E-state index in [0.717, 1.165) is 19.3 Å². The van der Waals surface area contributed by atoms with Crippen LogP contribution in [0.2, 0.25) is 0 Å². The van der Waals surface area contributed by atoms with Crippen molar-refractivity contribution in [1.29, 1.82) is 0 Å². The van der Waals surface area contributed by atoms with Gasteiger partial charge in [0.2, 0.25) is 5.91 Å². The lowest BCUT2D eigenvalue weighted by Crippen LogP contribution is -2.36. The highest BCUT2D eigenvalue weighted by Gasteiger charge is 2.40. The molecule has 1 heterocycles. The van der Waals surface area contributed by atoms with Gasteiger partial charge >= 0.3 is 0 Å². The van der Waals surface area contributed by atoms with E-state index in [4.69, 9.17) is 0 Å². The van der Waals surface area contributed by atoms with Crippen LogP contribution in [-0.2, 0) is 10.2 Å². The molecular formula is C31H53NO2. The minimum atomic E-state index is -0.486. The number of carbonyl (C=O) groups is 1.